The lowest BCUT2D eigenvalue weighted by Crippen LogP contribution is -2.13. The van der Waals surface area contributed by atoms with E-state index in [2.05, 4.69) is 15.0 Å². The average Bonchev–Trinajstić information content (AvgIpc) is 2.96. The number of para-hydroxylation sites is 1. The van der Waals surface area contributed by atoms with Crippen molar-refractivity contribution in [2.75, 3.05) is 13.2 Å². The molecule has 110 valence electrons. The van der Waals surface area contributed by atoms with E-state index >= 15 is 0 Å². The summed E-state index contributed by atoms with van der Waals surface area (Å²) in [6.45, 7) is 0.961. The molecule has 0 aliphatic carbocycles. The number of fused-ring (bicyclic) bond motifs is 2. The minimum Gasteiger partial charge on any atom is -0.493 e. The minimum atomic E-state index is -0.106. The van der Waals surface area contributed by atoms with Crippen LogP contribution in [-0.4, -0.2) is 33.3 Å². The van der Waals surface area contributed by atoms with Gasteiger partial charge in [0.1, 0.15) is 12.4 Å². The van der Waals surface area contributed by atoms with E-state index in [1.165, 1.54) is 0 Å². The van der Waals surface area contributed by atoms with Crippen LogP contribution in [0.3, 0.4) is 0 Å². The number of rotatable bonds is 3. The Labute approximate surface area is 126 Å². The molecule has 0 amide bonds. The molecule has 22 heavy (non-hydrogen) atoms. The second-order valence-corrected chi connectivity index (χ2v) is 5.08. The van der Waals surface area contributed by atoms with Gasteiger partial charge in [-0.15, -0.1) is 0 Å². The van der Waals surface area contributed by atoms with Gasteiger partial charge in [-0.3, -0.25) is 4.98 Å². The first-order valence-corrected chi connectivity index (χ1v) is 6.96. The molecule has 1 atom stereocenters. The van der Waals surface area contributed by atoms with Crippen LogP contribution in [0.2, 0.25) is 0 Å². The molecule has 1 aromatic carbocycles. The molecule has 0 fully saturated rings. The summed E-state index contributed by atoms with van der Waals surface area (Å²) in [5.74, 6) is 0.916. The molecule has 0 spiro atoms. The third kappa shape index (κ3) is 2.18. The van der Waals surface area contributed by atoms with E-state index in [4.69, 9.17) is 9.47 Å². The zero-order valence-corrected chi connectivity index (χ0v) is 11.6. The van der Waals surface area contributed by atoms with Gasteiger partial charge in [-0.05, 0) is 12.1 Å². The Balaban J connectivity index is 1.55. The third-order valence-corrected chi connectivity index (χ3v) is 3.67. The van der Waals surface area contributed by atoms with Crippen LogP contribution in [0.5, 0.6) is 17.6 Å². The van der Waals surface area contributed by atoms with Crippen LogP contribution in [0.25, 0.3) is 10.9 Å². The topological polar surface area (TPSA) is 77.4 Å². The molecule has 3 heterocycles. The molecule has 1 aliphatic rings. The van der Waals surface area contributed by atoms with Crippen LogP contribution in [0.4, 0.5) is 0 Å². The van der Waals surface area contributed by atoms with Crippen molar-refractivity contribution in [3.8, 4) is 17.6 Å². The standard InChI is InChI=1S/C16H13N3O3/c20-15-12-5-6-17-7-13(12)18-16(19-15)22-9-10-8-21-14-4-2-1-3-11(10)14/h1-7,10H,8-9H2,(H,18,19,20). The van der Waals surface area contributed by atoms with Crippen LogP contribution in [0.1, 0.15) is 11.5 Å². The number of hydrogen-bond acceptors (Lipinski definition) is 6. The van der Waals surface area contributed by atoms with Gasteiger partial charge >= 0.3 is 6.01 Å². The molecule has 1 N–H and O–H groups in total. The Kier molecular flexibility index (Phi) is 3.00. The van der Waals surface area contributed by atoms with E-state index in [1.54, 1.807) is 18.5 Å². The molecular weight excluding hydrogens is 282 g/mol. The highest BCUT2D eigenvalue weighted by Gasteiger charge is 2.24. The number of benzene rings is 1. The zero-order chi connectivity index (χ0) is 14.9. The summed E-state index contributed by atoms with van der Waals surface area (Å²) in [4.78, 5) is 12.2. The maximum atomic E-state index is 9.92. The van der Waals surface area contributed by atoms with Crippen molar-refractivity contribution in [2.45, 2.75) is 5.92 Å². The highest BCUT2D eigenvalue weighted by Crippen LogP contribution is 2.33. The van der Waals surface area contributed by atoms with Gasteiger partial charge in [-0.25, -0.2) is 0 Å². The lowest BCUT2D eigenvalue weighted by Gasteiger charge is -2.10. The fraction of sp³-hybridized carbons (Fsp3) is 0.188. The minimum absolute atomic E-state index is 0.106. The van der Waals surface area contributed by atoms with E-state index in [9.17, 15) is 5.11 Å². The van der Waals surface area contributed by atoms with Crippen molar-refractivity contribution >= 4 is 10.9 Å². The summed E-state index contributed by atoms with van der Waals surface area (Å²) < 4.78 is 11.3. The summed E-state index contributed by atoms with van der Waals surface area (Å²) in [6, 6.07) is 9.69. The van der Waals surface area contributed by atoms with Crippen molar-refractivity contribution in [2.24, 2.45) is 0 Å². The summed E-state index contributed by atoms with van der Waals surface area (Å²) >= 11 is 0. The van der Waals surface area contributed by atoms with Gasteiger partial charge in [0.15, 0.2) is 0 Å². The summed E-state index contributed by atoms with van der Waals surface area (Å²) in [7, 11) is 0. The molecule has 1 aliphatic heterocycles. The number of hydrogen-bond donors (Lipinski definition) is 1. The summed E-state index contributed by atoms with van der Waals surface area (Å²) in [6.07, 6.45) is 3.15. The van der Waals surface area contributed by atoms with Crippen LogP contribution in [0, 0.1) is 0 Å². The smallest absolute Gasteiger partial charge is 0.320 e. The fourth-order valence-corrected chi connectivity index (χ4v) is 2.55. The quantitative estimate of drug-likeness (QED) is 0.798. The second-order valence-electron chi connectivity index (χ2n) is 5.08. The Morgan fingerprint density at radius 2 is 2.14 bits per heavy atom. The first-order chi connectivity index (χ1) is 10.8. The molecule has 0 saturated heterocycles. The fourth-order valence-electron chi connectivity index (χ4n) is 2.55. The predicted molar refractivity (Wildman–Crippen MR) is 79.2 cm³/mol. The molecule has 0 saturated carbocycles. The molecule has 4 rings (SSSR count). The van der Waals surface area contributed by atoms with Crippen molar-refractivity contribution in [3.05, 3.63) is 48.3 Å². The first kappa shape index (κ1) is 12.8. The van der Waals surface area contributed by atoms with Crippen molar-refractivity contribution < 1.29 is 14.6 Å². The molecule has 0 bridgehead atoms. The van der Waals surface area contributed by atoms with Crippen molar-refractivity contribution in [1.82, 2.24) is 15.0 Å². The van der Waals surface area contributed by atoms with Gasteiger partial charge in [-0.2, -0.15) is 9.97 Å². The highest BCUT2D eigenvalue weighted by molar-refractivity contribution is 5.82. The highest BCUT2D eigenvalue weighted by atomic mass is 16.5. The molecule has 3 aromatic rings. The van der Waals surface area contributed by atoms with E-state index < -0.39 is 0 Å². The SMILES string of the molecule is Oc1nc(OCC2COc3ccccc32)nc2cnccc12. The van der Waals surface area contributed by atoms with Gasteiger partial charge in [0, 0.05) is 11.8 Å². The largest absolute Gasteiger partial charge is 0.493 e. The van der Waals surface area contributed by atoms with E-state index in [0.29, 0.717) is 24.1 Å². The van der Waals surface area contributed by atoms with Crippen LogP contribution in [0.15, 0.2) is 42.7 Å². The van der Waals surface area contributed by atoms with Crippen LogP contribution >= 0.6 is 0 Å². The lowest BCUT2D eigenvalue weighted by molar-refractivity contribution is 0.234. The van der Waals surface area contributed by atoms with Crippen LogP contribution in [-0.2, 0) is 0 Å². The molecule has 0 radical (unpaired) electrons. The molecule has 6 heteroatoms. The predicted octanol–water partition coefficient (Wildman–Crippen LogP) is 2.29. The number of nitrogens with zero attached hydrogens (tertiary/aromatic N) is 3. The van der Waals surface area contributed by atoms with E-state index in [-0.39, 0.29) is 17.8 Å². The zero-order valence-electron chi connectivity index (χ0n) is 11.6. The van der Waals surface area contributed by atoms with Crippen molar-refractivity contribution in [3.63, 3.8) is 0 Å². The van der Waals surface area contributed by atoms with Gasteiger partial charge in [0.25, 0.3) is 0 Å². The number of ether oxygens (including phenoxy) is 2. The summed E-state index contributed by atoms with van der Waals surface area (Å²) in [5, 5.41) is 10.5. The third-order valence-electron chi connectivity index (χ3n) is 3.67. The van der Waals surface area contributed by atoms with Gasteiger partial charge in [0.2, 0.25) is 5.88 Å². The molecular formula is C16H13N3O3. The van der Waals surface area contributed by atoms with Crippen molar-refractivity contribution in [1.29, 1.82) is 0 Å². The maximum Gasteiger partial charge on any atom is 0.320 e. The van der Waals surface area contributed by atoms with E-state index in [0.717, 1.165) is 11.3 Å². The number of aromatic nitrogens is 3. The molecule has 6 nitrogen and oxygen atoms in total. The van der Waals surface area contributed by atoms with Gasteiger partial charge in [-0.1, -0.05) is 18.2 Å². The maximum absolute atomic E-state index is 9.92. The Morgan fingerprint density at radius 1 is 1.23 bits per heavy atom. The number of pyridine rings is 1. The average molecular weight is 295 g/mol. The van der Waals surface area contributed by atoms with E-state index in [1.807, 2.05) is 24.3 Å². The normalized spacial score (nSPS) is 16.3. The summed E-state index contributed by atoms with van der Waals surface area (Å²) in [5.41, 5.74) is 1.67. The Bertz CT molecular complexity index is 838. The number of aromatic hydroxyl groups is 1. The Hall–Kier alpha value is -2.89. The van der Waals surface area contributed by atoms with Crippen LogP contribution < -0.4 is 9.47 Å². The Morgan fingerprint density at radius 3 is 3.09 bits per heavy atom. The van der Waals surface area contributed by atoms with Gasteiger partial charge in [0.05, 0.1) is 29.6 Å². The lowest BCUT2D eigenvalue weighted by atomic mass is 10.0. The molecule has 1 unspecified atom stereocenters. The monoisotopic (exact) mass is 295 g/mol. The first-order valence-electron chi connectivity index (χ1n) is 6.96. The second kappa shape index (κ2) is 5.14. The van der Waals surface area contributed by atoms with Gasteiger partial charge < -0.3 is 14.6 Å². The molecule has 2 aromatic heterocycles.